The van der Waals surface area contributed by atoms with E-state index in [9.17, 15) is 9.59 Å². The minimum Gasteiger partial charge on any atom is -0.450 e. The van der Waals surface area contributed by atoms with Crippen molar-refractivity contribution in [1.29, 1.82) is 0 Å². The quantitative estimate of drug-likeness (QED) is 0.741. The number of ketones is 1. The summed E-state index contributed by atoms with van der Waals surface area (Å²) in [4.78, 5) is 26.9. The highest BCUT2D eigenvalue weighted by Gasteiger charge is 2.26. The van der Waals surface area contributed by atoms with Crippen molar-refractivity contribution in [3.63, 3.8) is 0 Å². The van der Waals surface area contributed by atoms with Gasteiger partial charge in [0.15, 0.2) is 0 Å². The third-order valence-electron chi connectivity index (χ3n) is 3.20. The van der Waals surface area contributed by atoms with Gasteiger partial charge in [-0.05, 0) is 13.8 Å². The molecule has 98 valence electrons. The molecule has 0 aromatic rings. The summed E-state index contributed by atoms with van der Waals surface area (Å²) in [5, 5.41) is 0. The van der Waals surface area contributed by atoms with Crippen LogP contribution < -0.4 is 0 Å². The van der Waals surface area contributed by atoms with E-state index in [2.05, 4.69) is 4.90 Å². The van der Waals surface area contributed by atoms with E-state index in [1.807, 2.05) is 13.8 Å². The molecule has 1 amide bonds. The van der Waals surface area contributed by atoms with Gasteiger partial charge in [0, 0.05) is 32.6 Å². The molecule has 0 aromatic carbocycles. The maximum absolute atomic E-state index is 11.6. The van der Waals surface area contributed by atoms with Crippen LogP contribution in [0.1, 0.15) is 27.2 Å². The molecule has 17 heavy (non-hydrogen) atoms. The molecule has 0 aromatic heterocycles. The predicted octanol–water partition coefficient (Wildman–Crippen LogP) is 1.13. The van der Waals surface area contributed by atoms with Crippen molar-refractivity contribution in [1.82, 2.24) is 9.80 Å². The Labute approximate surface area is 103 Å². The number of hydrogen-bond acceptors (Lipinski definition) is 4. The normalized spacial score (nSPS) is 18.9. The number of carbonyl (C=O) groups is 2. The van der Waals surface area contributed by atoms with Gasteiger partial charge in [-0.25, -0.2) is 4.79 Å². The van der Waals surface area contributed by atoms with E-state index in [0.29, 0.717) is 26.1 Å². The Balaban J connectivity index is 2.40. The fraction of sp³-hybridized carbons (Fsp3) is 0.833. The molecule has 0 radical (unpaired) electrons. The summed E-state index contributed by atoms with van der Waals surface area (Å²) >= 11 is 0. The molecule has 1 heterocycles. The van der Waals surface area contributed by atoms with E-state index < -0.39 is 0 Å². The van der Waals surface area contributed by atoms with Crippen molar-refractivity contribution >= 4 is 11.9 Å². The maximum Gasteiger partial charge on any atom is 0.409 e. The maximum atomic E-state index is 11.6. The number of ether oxygens (including phenoxy) is 1. The standard InChI is InChI=1S/C12H22N2O3/c1-4-11(15)10(3)13-6-8-14(9-7-13)12(16)17-5-2/h10H,4-9H2,1-3H3. The Bertz CT molecular complexity index is 273. The number of carbonyl (C=O) groups excluding carboxylic acids is 2. The van der Waals surface area contributed by atoms with Crippen molar-refractivity contribution in [2.24, 2.45) is 0 Å². The van der Waals surface area contributed by atoms with Crippen molar-refractivity contribution in [3.8, 4) is 0 Å². The first-order valence-corrected chi connectivity index (χ1v) is 6.28. The van der Waals surface area contributed by atoms with Crippen LogP contribution in [0.25, 0.3) is 0 Å². The molecule has 1 atom stereocenters. The average Bonchev–Trinajstić information content (AvgIpc) is 2.37. The molecule has 1 aliphatic rings. The molecular formula is C12H22N2O3. The van der Waals surface area contributed by atoms with Crippen molar-refractivity contribution in [2.45, 2.75) is 33.2 Å². The number of Topliss-reactive ketones (excluding diaryl/α,β-unsaturated/α-hetero) is 1. The molecule has 0 spiro atoms. The first-order chi connectivity index (χ1) is 8.10. The van der Waals surface area contributed by atoms with Gasteiger partial charge in [0.1, 0.15) is 5.78 Å². The van der Waals surface area contributed by atoms with E-state index in [-0.39, 0.29) is 17.9 Å². The van der Waals surface area contributed by atoms with Crippen LogP contribution in [0.15, 0.2) is 0 Å². The van der Waals surface area contributed by atoms with Crippen LogP contribution in [0.3, 0.4) is 0 Å². The lowest BCUT2D eigenvalue weighted by molar-refractivity contribution is -0.124. The highest BCUT2D eigenvalue weighted by atomic mass is 16.6. The molecular weight excluding hydrogens is 220 g/mol. The van der Waals surface area contributed by atoms with Crippen LogP contribution >= 0.6 is 0 Å². The van der Waals surface area contributed by atoms with Gasteiger partial charge >= 0.3 is 6.09 Å². The van der Waals surface area contributed by atoms with Crippen molar-refractivity contribution in [2.75, 3.05) is 32.8 Å². The predicted molar refractivity (Wildman–Crippen MR) is 64.9 cm³/mol. The lowest BCUT2D eigenvalue weighted by atomic mass is 10.1. The van der Waals surface area contributed by atoms with E-state index in [0.717, 1.165) is 13.1 Å². The molecule has 0 N–H and O–H groups in total. The van der Waals surface area contributed by atoms with Gasteiger partial charge in [0.05, 0.1) is 12.6 Å². The second-order valence-electron chi connectivity index (χ2n) is 4.22. The van der Waals surface area contributed by atoms with Gasteiger partial charge in [-0.3, -0.25) is 9.69 Å². The summed E-state index contributed by atoms with van der Waals surface area (Å²) in [7, 11) is 0. The van der Waals surface area contributed by atoms with Gasteiger partial charge in [-0.1, -0.05) is 6.92 Å². The number of hydrogen-bond donors (Lipinski definition) is 0. The number of amides is 1. The summed E-state index contributed by atoms with van der Waals surface area (Å²) < 4.78 is 4.95. The second kappa shape index (κ2) is 6.59. The van der Waals surface area contributed by atoms with Gasteiger partial charge in [0.2, 0.25) is 0 Å². The van der Waals surface area contributed by atoms with Gasteiger partial charge < -0.3 is 9.64 Å². The van der Waals surface area contributed by atoms with E-state index >= 15 is 0 Å². The SMILES string of the molecule is CCOC(=O)N1CCN(C(C)C(=O)CC)CC1. The zero-order valence-electron chi connectivity index (χ0n) is 10.9. The summed E-state index contributed by atoms with van der Waals surface area (Å²) in [6, 6.07) is -0.0376. The topological polar surface area (TPSA) is 49.9 Å². The Morgan fingerprint density at radius 2 is 1.76 bits per heavy atom. The highest BCUT2D eigenvalue weighted by Crippen LogP contribution is 2.09. The van der Waals surface area contributed by atoms with Crippen LogP contribution in [0.4, 0.5) is 4.79 Å². The summed E-state index contributed by atoms with van der Waals surface area (Å²) in [6.07, 6.45) is 0.320. The first-order valence-electron chi connectivity index (χ1n) is 6.28. The van der Waals surface area contributed by atoms with E-state index in [1.165, 1.54) is 0 Å². The molecule has 0 saturated carbocycles. The number of rotatable bonds is 4. The Morgan fingerprint density at radius 1 is 1.18 bits per heavy atom. The number of piperazine rings is 1. The fourth-order valence-corrected chi connectivity index (χ4v) is 2.01. The molecule has 5 nitrogen and oxygen atoms in total. The minimum atomic E-state index is -0.248. The Morgan fingerprint density at radius 3 is 2.24 bits per heavy atom. The molecule has 1 saturated heterocycles. The summed E-state index contributed by atoms with van der Waals surface area (Å²) in [6.45, 7) is 8.79. The third kappa shape index (κ3) is 3.70. The third-order valence-corrected chi connectivity index (χ3v) is 3.20. The lowest BCUT2D eigenvalue weighted by Gasteiger charge is -2.36. The van der Waals surface area contributed by atoms with Crippen LogP contribution in [-0.2, 0) is 9.53 Å². The molecule has 1 unspecified atom stereocenters. The van der Waals surface area contributed by atoms with Crippen LogP contribution in [0, 0.1) is 0 Å². The molecule has 1 rings (SSSR count). The Hall–Kier alpha value is -1.10. The highest BCUT2D eigenvalue weighted by molar-refractivity contribution is 5.83. The largest absolute Gasteiger partial charge is 0.450 e. The van der Waals surface area contributed by atoms with Gasteiger partial charge in [-0.15, -0.1) is 0 Å². The van der Waals surface area contributed by atoms with Crippen molar-refractivity contribution in [3.05, 3.63) is 0 Å². The van der Waals surface area contributed by atoms with Crippen molar-refractivity contribution < 1.29 is 14.3 Å². The van der Waals surface area contributed by atoms with Crippen LogP contribution in [-0.4, -0.2) is 60.5 Å². The number of nitrogens with zero attached hydrogens (tertiary/aromatic N) is 2. The molecule has 0 aliphatic carbocycles. The smallest absolute Gasteiger partial charge is 0.409 e. The lowest BCUT2D eigenvalue weighted by Crippen LogP contribution is -2.53. The van der Waals surface area contributed by atoms with Crippen LogP contribution in [0.2, 0.25) is 0 Å². The minimum absolute atomic E-state index is 0.0376. The summed E-state index contributed by atoms with van der Waals surface area (Å²) in [5.74, 6) is 0.259. The molecule has 5 heteroatoms. The first kappa shape index (κ1) is 14.0. The monoisotopic (exact) mass is 242 g/mol. The molecule has 0 bridgehead atoms. The molecule has 1 fully saturated rings. The van der Waals surface area contributed by atoms with Crippen LogP contribution in [0.5, 0.6) is 0 Å². The average molecular weight is 242 g/mol. The Kier molecular flexibility index (Phi) is 5.41. The van der Waals surface area contributed by atoms with Gasteiger partial charge in [-0.2, -0.15) is 0 Å². The summed E-state index contributed by atoms with van der Waals surface area (Å²) in [5.41, 5.74) is 0. The van der Waals surface area contributed by atoms with Gasteiger partial charge in [0.25, 0.3) is 0 Å². The van der Waals surface area contributed by atoms with E-state index in [4.69, 9.17) is 4.74 Å². The van der Waals surface area contributed by atoms with E-state index in [1.54, 1.807) is 11.8 Å². The zero-order valence-corrected chi connectivity index (χ0v) is 10.9. The fourth-order valence-electron chi connectivity index (χ4n) is 2.01. The molecule has 1 aliphatic heterocycles. The zero-order chi connectivity index (χ0) is 12.8. The second-order valence-corrected chi connectivity index (χ2v) is 4.22.